The highest BCUT2D eigenvalue weighted by atomic mass is 16.5. The molecule has 2 fully saturated rings. The Hall–Kier alpha value is -0.0800. The minimum atomic E-state index is -0.119. The van der Waals surface area contributed by atoms with Crippen molar-refractivity contribution in [1.82, 2.24) is 0 Å². The molecule has 16 heavy (non-hydrogen) atoms. The predicted molar refractivity (Wildman–Crippen MR) is 65.3 cm³/mol. The van der Waals surface area contributed by atoms with Crippen LogP contribution in [0.15, 0.2) is 0 Å². The molecule has 0 amide bonds. The zero-order chi connectivity index (χ0) is 11.6. The third kappa shape index (κ3) is 2.98. The SMILES string of the molecule is CC(C)CC1CCCC2(CC(O)CCO2)C1. The topological polar surface area (TPSA) is 29.5 Å². The van der Waals surface area contributed by atoms with Crippen molar-refractivity contribution in [3.63, 3.8) is 0 Å². The smallest absolute Gasteiger partial charge is 0.0709 e. The van der Waals surface area contributed by atoms with E-state index in [0.717, 1.165) is 31.3 Å². The average Bonchev–Trinajstić information content (AvgIpc) is 2.15. The second kappa shape index (κ2) is 5.05. The maximum atomic E-state index is 9.81. The van der Waals surface area contributed by atoms with Gasteiger partial charge in [-0.25, -0.2) is 0 Å². The summed E-state index contributed by atoms with van der Waals surface area (Å²) >= 11 is 0. The Balaban J connectivity index is 1.94. The van der Waals surface area contributed by atoms with Gasteiger partial charge in [-0.15, -0.1) is 0 Å². The van der Waals surface area contributed by atoms with E-state index in [9.17, 15) is 5.11 Å². The maximum absolute atomic E-state index is 9.81. The molecule has 1 N–H and O–H groups in total. The average molecular weight is 226 g/mol. The summed E-state index contributed by atoms with van der Waals surface area (Å²) in [5, 5.41) is 9.81. The van der Waals surface area contributed by atoms with E-state index in [4.69, 9.17) is 4.74 Å². The monoisotopic (exact) mass is 226 g/mol. The highest BCUT2D eigenvalue weighted by Crippen LogP contribution is 2.42. The standard InChI is InChI=1S/C14H26O2/c1-11(2)8-12-4-3-6-14(9-12)10-13(15)5-7-16-14/h11-13,15H,3-10H2,1-2H3. The quantitative estimate of drug-likeness (QED) is 0.784. The highest BCUT2D eigenvalue weighted by molar-refractivity contribution is 4.92. The van der Waals surface area contributed by atoms with E-state index < -0.39 is 0 Å². The van der Waals surface area contributed by atoms with Crippen LogP contribution in [-0.2, 0) is 4.74 Å². The molecule has 3 atom stereocenters. The maximum Gasteiger partial charge on any atom is 0.0709 e. The lowest BCUT2D eigenvalue weighted by molar-refractivity contribution is -0.144. The zero-order valence-corrected chi connectivity index (χ0v) is 10.7. The van der Waals surface area contributed by atoms with Crippen LogP contribution in [0, 0.1) is 11.8 Å². The lowest BCUT2D eigenvalue weighted by Gasteiger charge is -2.45. The van der Waals surface area contributed by atoms with E-state index in [1.807, 2.05) is 0 Å². The molecule has 2 aliphatic rings. The summed E-state index contributed by atoms with van der Waals surface area (Å²) in [6, 6.07) is 0. The van der Waals surface area contributed by atoms with Gasteiger partial charge in [0.2, 0.25) is 0 Å². The third-order valence-corrected chi connectivity index (χ3v) is 4.18. The van der Waals surface area contributed by atoms with E-state index in [1.165, 1.54) is 32.1 Å². The lowest BCUT2D eigenvalue weighted by Crippen LogP contribution is -2.45. The van der Waals surface area contributed by atoms with Gasteiger partial charge in [0.05, 0.1) is 11.7 Å². The molecule has 1 saturated heterocycles. The first-order valence-electron chi connectivity index (χ1n) is 6.92. The first-order chi connectivity index (χ1) is 7.60. The Morgan fingerprint density at radius 1 is 1.31 bits per heavy atom. The predicted octanol–water partition coefficient (Wildman–Crippen LogP) is 3.13. The van der Waals surface area contributed by atoms with Crippen molar-refractivity contribution in [2.24, 2.45) is 11.8 Å². The number of rotatable bonds is 2. The first kappa shape index (κ1) is 12.4. The zero-order valence-electron chi connectivity index (χ0n) is 10.7. The van der Waals surface area contributed by atoms with Gasteiger partial charge in [-0.2, -0.15) is 0 Å². The molecular formula is C14H26O2. The molecule has 3 unspecified atom stereocenters. The van der Waals surface area contributed by atoms with Crippen LogP contribution >= 0.6 is 0 Å². The van der Waals surface area contributed by atoms with E-state index in [1.54, 1.807) is 0 Å². The molecule has 1 spiro atoms. The van der Waals surface area contributed by atoms with Crippen molar-refractivity contribution in [1.29, 1.82) is 0 Å². The van der Waals surface area contributed by atoms with E-state index in [2.05, 4.69) is 13.8 Å². The summed E-state index contributed by atoms with van der Waals surface area (Å²) in [5.74, 6) is 1.60. The normalized spacial score (nSPS) is 40.5. The van der Waals surface area contributed by atoms with Gasteiger partial charge in [0, 0.05) is 13.0 Å². The molecule has 0 aromatic heterocycles. The minimum Gasteiger partial charge on any atom is -0.393 e. The van der Waals surface area contributed by atoms with Crippen molar-refractivity contribution < 1.29 is 9.84 Å². The van der Waals surface area contributed by atoms with Gasteiger partial charge in [0.1, 0.15) is 0 Å². The molecule has 2 heteroatoms. The molecule has 1 aliphatic carbocycles. The van der Waals surface area contributed by atoms with Crippen molar-refractivity contribution in [2.75, 3.05) is 6.61 Å². The molecule has 2 nitrogen and oxygen atoms in total. The summed E-state index contributed by atoms with van der Waals surface area (Å²) in [7, 11) is 0. The molecule has 2 rings (SSSR count). The fourth-order valence-corrected chi connectivity index (χ4v) is 3.63. The first-order valence-corrected chi connectivity index (χ1v) is 6.92. The Kier molecular flexibility index (Phi) is 3.91. The molecule has 0 aromatic rings. The summed E-state index contributed by atoms with van der Waals surface area (Å²) in [6.45, 7) is 5.37. The van der Waals surface area contributed by atoms with Gasteiger partial charge in [-0.3, -0.25) is 0 Å². The van der Waals surface area contributed by atoms with Crippen LogP contribution in [-0.4, -0.2) is 23.4 Å². The van der Waals surface area contributed by atoms with Crippen molar-refractivity contribution in [3.8, 4) is 0 Å². The van der Waals surface area contributed by atoms with Gasteiger partial charge < -0.3 is 9.84 Å². The summed E-state index contributed by atoms with van der Waals surface area (Å²) < 4.78 is 6.03. The number of aliphatic hydroxyl groups excluding tert-OH is 1. The van der Waals surface area contributed by atoms with Crippen LogP contribution in [0.3, 0.4) is 0 Å². The molecule has 1 saturated carbocycles. The summed E-state index contributed by atoms with van der Waals surface area (Å²) in [4.78, 5) is 0. The van der Waals surface area contributed by atoms with Crippen LogP contribution in [0.5, 0.6) is 0 Å². The fraction of sp³-hybridized carbons (Fsp3) is 1.00. The van der Waals surface area contributed by atoms with E-state index >= 15 is 0 Å². The van der Waals surface area contributed by atoms with Crippen LogP contribution in [0.2, 0.25) is 0 Å². The summed E-state index contributed by atoms with van der Waals surface area (Å²) in [6.07, 6.45) is 7.90. The van der Waals surface area contributed by atoms with Gasteiger partial charge in [-0.1, -0.05) is 26.7 Å². The fourth-order valence-electron chi connectivity index (χ4n) is 3.63. The minimum absolute atomic E-state index is 0.0372. The number of hydrogen-bond donors (Lipinski definition) is 1. The Morgan fingerprint density at radius 3 is 2.81 bits per heavy atom. The molecule has 1 heterocycles. The van der Waals surface area contributed by atoms with Gasteiger partial charge in [-0.05, 0) is 37.5 Å². The largest absolute Gasteiger partial charge is 0.393 e. The molecule has 0 radical (unpaired) electrons. The van der Waals surface area contributed by atoms with Gasteiger partial charge in [0.25, 0.3) is 0 Å². The highest BCUT2D eigenvalue weighted by Gasteiger charge is 2.41. The second-order valence-electron chi connectivity index (χ2n) is 6.27. The van der Waals surface area contributed by atoms with Crippen LogP contribution in [0.4, 0.5) is 0 Å². The van der Waals surface area contributed by atoms with Crippen LogP contribution in [0.25, 0.3) is 0 Å². The van der Waals surface area contributed by atoms with Crippen molar-refractivity contribution in [3.05, 3.63) is 0 Å². The van der Waals surface area contributed by atoms with Gasteiger partial charge >= 0.3 is 0 Å². The molecule has 0 aromatic carbocycles. The number of aliphatic hydroxyl groups is 1. The van der Waals surface area contributed by atoms with Crippen molar-refractivity contribution in [2.45, 2.75) is 70.5 Å². The van der Waals surface area contributed by atoms with Gasteiger partial charge in [0.15, 0.2) is 0 Å². The van der Waals surface area contributed by atoms with Crippen LogP contribution < -0.4 is 0 Å². The Morgan fingerprint density at radius 2 is 2.12 bits per heavy atom. The van der Waals surface area contributed by atoms with Crippen molar-refractivity contribution >= 4 is 0 Å². The second-order valence-corrected chi connectivity index (χ2v) is 6.27. The van der Waals surface area contributed by atoms with E-state index in [-0.39, 0.29) is 11.7 Å². The third-order valence-electron chi connectivity index (χ3n) is 4.18. The summed E-state index contributed by atoms with van der Waals surface area (Å²) in [5.41, 5.74) is 0.0372. The number of hydrogen-bond acceptors (Lipinski definition) is 2. The number of ether oxygens (including phenoxy) is 1. The Labute approximate surface area is 99.4 Å². The molecule has 0 bridgehead atoms. The molecular weight excluding hydrogens is 200 g/mol. The van der Waals surface area contributed by atoms with Crippen LogP contribution in [0.1, 0.15) is 58.8 Å². The Bertz CT molecular complexity index is 223. The molecule has 94 valence electrons. The molecule has 1 aliphatic heterocycles. The lowest BCUT2D eigenvalue weighted by atomic mass is 9.72. The van der Waals surface area contributed by atoms with E-state index in [0.29, 0.717) is 0 Å².